The highest BCUT2D eigenvalue weighted by atomic mass is 16.5. The number of hydrogen-bond donors (Lipinski definition) is 2. The highest BCUT2D eigenvalue weighted by molar-refractivity contribution is 6.46. The Hall–Kier alpha value is -3.19. The van der Waals surface area contributed by atoms with Crippen molar-refractivity contribution in [1.29, 1.82) is 0 Å². The van der Waals surface area contributed by atoms with E-state index >= 15 is 0 Å². The Bertz CT molecular complexity index is 984. The van der Waals surface area contributed by atoms with Gasteiger partial charge in [-0.15, -0.1) is 0 Å². The number of hydrogen-bond acceptors (Lipinski definition) is 5. The van der Waals surface area contributed by atoms with Crippen molar-refractivity contribution in [2.45, 2.75) is 26.8 Å². The smallest absolute Gasteiger partial charge is 0.295 e. The molecule has 1 aromatic carbocycles. The first kappa shape index (κ1) is 22.5. The Labute approximate surface area is 183 Å². The standard InChI is InChI=1S/C24H29N3O4/c1-5-26(6-2)13-14-27-21(17-9-11-25-12-10-17)20(23(29)24(27)30)22(28)19-8-7-18(31-4)15-16(19)3/h7-12,15,21,28H,5-6,13-14H2,1-4H3/p+1. The van der Waals surface area contributed by atoms with Gasteiger partial charge in [0.1, 0.15) is 11.5 Å². The second kappa shape index (κ2) is 9.75. The van der Waals surface area contributed by atoms with Gasteiger partial charge in [-0.25, -0.2) is 0 Å². The van der Waals surface area contributed by atoms with E-state index in [4.69, 9.17) is 4.74 Å². The molecule has 3 rings (SSSR count). The van der Waals surface area contributed by atoms with Crippen LogP contribution in [0.3, 0.4) is 0 Å². The van der Waals surface area contributed by atoms with Gasteiger partial charge in [0.2, 0.25) is 0 Å². The molecule has 164 valence electrons. The molecule has 1 aliphatic rings. The van der Waals surface area contributed by atoms with Crippen molar-refractivity contribution in [2.24, 2.45) is 0 Å². The number of methoxy groups -OCH3 is 1. The lowest BCUT2D eigenvalue weighted by molar-refractivity contribution is -0.895. The van der Waals surface area contributed by atoms with Gasteiger partial charge in [-0.1, -0.05) is 0 Å². The SMILES string of the molecule is CC[NH+](CC)CCN1C(=O)C(=O)C(=C(O)c2ccc(OC)cc2C)C1c1ccncc1. The molecule has 7 nitrogen and oxygen atoms in total. The van der Waals surface area contributed by atoms with Crippen molar-refractivity contribution in [3.05, 3.63) is 65.0 Å². The third-order valence-corrected chi connectivity index (χ3v) is 5.96. The van der Waals surface area contributed by atoms with Crippen LogP contribution in [0.25, 0.3) is 5.76 Å². The van der Waals surface area contributed by atoms with Crippen LogP contribution in [0.2, 0.25) is 0 Å². The van der Waals surface area contributed by atoms with E-state index in [1.807, 2.05) is 6.92 Å². The third-order valence-electron chi connectivity index (χ3n) is 5.96. The molecule has 0 spiro atoms. The molecule has 31 heavy (non-hydrogen) atoms. The summed E-state index contributed by atoms with van der Waals surface area (Å²) in [7, 11) is 1.57. The van der Waals surface area contributed by atoms with Crippen LogP contribution in [-0.4, -0.2) is 60.0 Å². The molecule has 2 N–H and O–H groups in total. The highest BCUT2D eigenvalue weighted by Crippen LogP contribution is 2.39. The van der Waals surface area contributed by atoms with Gasteiger partial charge in [0, 0.05) is 18.0 Å². The number of aliphatic hydroxyl groups is 1. The highest BCUT2D eigenvalue weighted by Gasteiger charge is 2.46. The number of benzene rings is 1. The maximum Gasteiger partial charge on any atom is 0.295 e. The van der Waals surface area contributed by atoms with E-state index in [1.165, 1.54) is 4.90 Å². The molecular weight excluding hydrogens is 394 g/mol. The lowest BCUT2D eigenvalue weighted by Crippen LogP contribution is -3.12. The molecule has 2 aromatic rings. The Kier molecular flexibility index (Phi) is 7.07. The summed E-state index contributed by atoms with van der Waals surface area (Å²) in [5, 5.41) is 11.2. The zero-order valence-electron chi connectivity index (χ0n) is 18.5. The number of carbonyl (C=O) groups is 2. The average molecular weight is 425 g/mol. The molecule has 0 saturated carbocycles. The molecule has 7 heteroatoms. The summed E-state index contributed by atoms with van der Waals surface area (Å²) in [6.45, 7) is 9.05. The number of nitrogens with one attached hydrogen (secondary N) is 1. The molecule has 1 saturated heterocycles. The van der Waals surface area contributed by atoms with E-state index in [0.717, 1.165) is 30.8 Å². The van der Waals surface area contributed by atoms with E-state index in [-0.39, 0.29) is 11.3 Å². The van der Waals surface area contributed by atoms with Crippen LogP contribution in [0.5, 0.6) is 5.75 Å². The predicted molar refractivity (Wildman–Crippen MR) is 118 cm³/mol. The second-order valence-corrected chi connectivity index (χ2v) is 7.66. The Morgan fingerprint density at radius 2 is 1.84 bits per heavy atom. The summed E-state index contributed by atoms with van der Waals surface area (Å²) >= 11 is 0. The molecule has 1 fully saturated rings. The van der Waals surface area contributed by atoms with Crippen molar-refractivity contribution in [2.75, 3.05) is 33.3 Å². The number of likely N-dealkylation sites (tertiary alicyclic amines) is 1. The quantitative estimate of drug-likeness (QED) is 0.383. The van der Waals surface area contributed by atoms with E-state index in [2.05, 4.69) is 18.8 Å². The summed E-state index contributed by atoms with van der Waals surface area (Å²) < 4.78 is 5.24. The molecule has 1 unspecified atom stereocenters. The summed E-state index contributed by atoms with van der Waals surface area (Å²) in [5.41, 5.74) is 2.12. The first-order chi connectivity index (χ1) is 14.9. The fourth-order valence-electron chi connectivity index (χ4n) is 4.06. The van der Waals surface area contributed by atoms with Gasteiger partial charge in [0.15, 0.2) is 0 Å². The monoisotopic (exact) mass is 424 g/mol. The number of rotatable bonds is 8. The molecule has 2 heterocycles. The lowest BCUT2D eigenvalue weighted by atomic mass is 9.94. The largest absolute Gasteiger partial charge is 0.507 e. The predicted octanol–water partition coefficient (Wildman–Crippen LogP) is 1.75. The molecule has 1 aliphatic heterocycles. The van der Waals surface area contributed by atoms with Crippen molar-refractivity contribution < 1.29 is 24.3 Å². The Balaban J connectivity index is 2.10. The van der Waals surface area contributed by atoms with Crippen LogP contribution in [0, 0.1) is 6.92 Å². The number of likely N-dealkylation sites (N-methyl/N-ethyl adjacent to an activating group) is 1. The maximum atomic E-state index is 13.1. The van der Waals surface area contributed by atoms with E-state index in [1.54, 1.807) is 54.7 Å². The number of ketones is 1. The molecule has 0 radical (unpaired) electrons. The normalized spacial score (nSPS) is 18.1. The van der Waals surface area contributed by atoms with E-state index in [9.17, 15) is 14.7 Å². The van der Waals surface area contributed by atoms with Crippen LogP contribution in [0.4, 0.5) is 0 Å². The van der Waals surface area contributed by atoms with Crippen molar-refractivity contribution in [1.82, 2.24) is 9.88 Å². The van der Waals surface area contributed by atoms with Crippen LogP contribution in [0.15, 0.2) is 48.3 Å². The topological polar surface area (TPSA) is 84.2 Å². The average Bonchev–Trinajstić information content (AvgIpc) is 3.04. The minimum atomic E-state index is -0.663. The van der Waals surface area contributed by atoms with Crippen LogP contribution in [-0.2, 0) is 9.59 Å². The number of nitrogens with zero attached hydrogens (tertiary/aromatic N) is 2. The number of Topliss-reactive ketones (excluding diaryl/α,β-unsaturated/α-hetero) is 1. The Morgan fingerprint density at radius 3 is 2.42 bits per heavy atom. The lowest BCUT2D eigenvalue weighted by Gasteiger charge is -2.26. The van der Waals surface area contributed by atoms with Gasteiger partial charge >= 0.3 is 0 Å². The number of aromatic nitrogens is 1. The first-order valence-electron chi connectivity index (χ1n) is 10.6. The van der Waals surface area contributed by atoms with Crippen LogP contribution >= 0.6 is 0 Å². The number of amides is 1. The Morgan fingerprint density at radius 1 is 1.16 bits per heavy atom. The minimum Gasteiger partial charge on any atom is -0.507 e. The van der Waals surface area contributed by atoms with Gasteiger partial charge < -0.3 is 19.6 Å². The number of aliphatic hydroxyl groups excluding tert-OH is 1. The van der Waals surface area contributed by atoms with Gasteiger partial charge in [-0.3, -0.25) is 14.6 Å². The minimum absolute atomic E-state index is 0.110. The summed E-state index contributed by atoms with van der Waals surface area (Å²) in [4.78, 5) is 33.0. The molecule has 1 amide bonds. The zero-order chi connectivity index (χ0) is 22.5. The number of ether oxygens (including phenoxy) is 1. The molecule has 1 aromatic heterocycles. The van der Waals surface area contributed by atoms with Crippen LogP contribution < -0.4 is 9.64 Å². The summed E-state index contributed by atoms with van der Waals surface area (Å²) in [6.07, 6.45) is 3.26. The van der Waals surface area contributed by atoms with Crippen molar-refractivity contribution in [3.8, 4) is 5.75 Å². The second-order valence-electron chi connectivity index (χ2n) is 7.66. The molecular formula is C24H30N3O4+. The summed E-state index contributed by atoms with van der Waals surface area (Å²) in [6, 6.07) is 8.13. The van der Waals surface area contributed by atoms with Gasteiger partial charge in [0.25, 0.3) is 11.7 Å². The molecule has 0 bridgehead atoms. The van der Waals surface area contributed by atoms with Crippen molar-refractivity contribution in [3.63, 3.8) is 0 Å². The molecule has 1 atom stereocenters. The summed E-state index contributed by atoms with van der Waals surface area (Å²) in [5.74, 6) is -0.759. The zero-order valence-corrected chi connectivity index (χ0v) is 18.5. The van der Waals surface area contributed by atoms with Gasteiger partial charge in [-0.05, 0) is 62.2 Å². The number of pyridine rings is 1. The van der Waals surface area contributed by atoms with E-state index < -0.39 is 17.7 Å². The van der Waals surface area contributed by atoms with Gasteiger partial charge in [0.05, 0.1) is 44.9 Å². The fraction of sp³-hybridized carbons (Fsp3) is 0.375. The number of quaternary nitrogens is 1. The maximum absolute atomic E-state index is 13.1. The number of aryl methyl sites for hydroxylation is 1. The third kappa shape index (κ3) is 4.46. The van der Waals surface area contributed by atoms with Crippen LogP contribution in [0.1, 0.15) is 36.6 Å². The van der Waals surface area contributed by atoms with Crippen molar-refractivity contribution >= 4 is 17.4 Å². The van der Waals surface area contributed by atoms with Gasteiger partial charge in [-0.2, -0.15) is 0 Å². The van der Waals surface area contributed by atoms with E-state index in [0.29, 0.717) is 17.9 Å². The fourth-order valence-corrected chi connectivity index (χ4v) is 4.06. The first-order valence-corrected chi connectivity index (χ1v) is 10.6. The number of carbonyl (C=O) groups excluding carboxylic acids is 2. The molecule has 0 aliphatic carbocycles.